The van der Waals surface area contributed by atoms with Gasteiger partial charge in [0.1, 0.15) is 11.6 Å². The van der Waals surface area contributed by atoms with E-state index >= 15 is 0 Å². The number of methoxy groups -OCH3 is 1. The van der Waals surface area contributed by atoms with Crippen molar-refractivity contribution < 1.29 is 18.7 Å². The smallest absolute Gasteiger partial charge is 0.250 e. The van der Waals surface area contributed by atoms with Crippen LogP contribution in [0.15, 0.2) is 42.6 Å². The zero-order chi connectivity index (χ0) is 20.4. The van der Waals surface area contributed by atoms with Gasteiger partial charge in [0.2, 0.25) is 5.91 Å². The topological polar surface area (TPSA) is 54.9 Å². The van der Waals surface area contributed by atoms with Crippen LogP contribution in [0.3, 0.4) is 0 Å². The number of morpholine rings is 1. The maximum Gasteiger partial charge on any atom is 0.250 e. The molecule has 1 aromatic rings. The molecule has 28 heavy (non-hydrogen) atoms. The summed E-state index contributed by atoms with van der Waals surface area (Å²) >= 11 is 6.51. The molecule has 0 radical (unpaired) electrons. The van der Waals surface area contributed by atoms with Crippen LogP contribution in [0.25, 0.3) is 5.70 Å². The molecule has 0 spiro atoms. The summed E-state index contributed by atoms with van der Waals surface area (Å²) in [4.78, 5) is 19.5. The maximum atomic E-state index is 14.8. The van der Waals surface area contributed by atoms with E-state index in [1.807, 2.05) is 19.1 Å². The quantitative estimate of drug-likeness (QED) is 0.436. The second-order valence-electron chi connectivity index (χ2n) is 6.63. The molecular weight excluding hydrogens is 385 g/mol. The molecule has 1 saturated heterocycles. The highest BCUT2D eigenvalue weighted by atomic mass is 35.5. The van der Waals surface area contributed by atoms with Gasteiger partial charge in [-0.25, -0.2) is 9.37 Å². The molecule has 6 nitrogen and oxygen atoms in total. The van der Waals surface area contributed by atoms with E-state index in [0.29, 0.717) is 24.4 Å². The average molecular weight is 408 g/mol. The van der Waals surface area contributed by atoms with E-state index in [9.17, 15) is 9.18 Å². The summed E-state index contributed by atoms with van der Waals surface area (Å²) in [5.74, 6) is -0.792. The summed E-state index contributed by atoms with van der Waals surface area (Å²) in [6.45, 7) is 6.37. The number of carbonyl (C=O) groups is 1. The summed E-state index contributed by atoms with van der Waals surface area (Å²) in [6, 6.07) is 1.36. The Labute approximate surface area is 168 Å². The van der Waals surface area contributed by atoms with Crippen LogP contribution in [-0.2, 0) is 9.53 Å². The van der Waals surface area contributed by atoms with Crippen molar-refractivity contribution in [3.63, 3.8) is 0 Å². The highest BCUT2D eigenvalue weighted by molar-refractivity contribution is 6.22. The highest BCUT2D eigenvalue weighted by Gasteiger charge is 2.35. The van der Waals surface area contributed by atoms with Crippen molar-refractivity contribution >= 4 is 23.2 Å². The maximum absolute atomic E-state index is 14.8. The molecule has 3 rings (SSSR count). The van der Waals surface area contributed by atoms with Crippen molar-refractivity contribution in [3.8, 4) is 5.88 Å². The van der Waals surface area contributed by atoms with E-state index in [1.165, 1.54) is 19.4 Å². The minimum absolute atomic E-state index is 0.0842. The Hall–Kier alpha value is -2.38. The monoisotopic (exact) mass is 407 g/mol. The molecule has 1 unspecified atom stereocenters. The van der Waals surface area contributed by atoms with Crippen LogP contribution >= 0.6 is 11.6 Å². The van der Waals surface area contributed by atoms with Crippen LogP contribution in [0, 0.1) is 5.82 Å². The third kappa shape index (κ3) is 3.64. The Balaban J connectivity index is 1.99. The number of halogens is 2. The first kappa shape index (κ1) is 20.4. The third-order valence-electron chi connectivity index (χ3n) is 5.06. The van der Waals surface area contributed by atoms with Crippen LogP contribution in [0.5, 0.6) is 5.88 Å². The van der Waals surface area contributed by atoms with Crippen molar-refractivity contribution in [2.75, 3.05) is 27.3 Å². The minimum atomic E-state index is -0.561. The van der Waals surface area contributed by atoms with E-state index in [0.717, 1.165) is 5.57 Å². The van der Waals surface area contributed by atoms with Gasteiger partial charge in [-0.05, 0) is 36.8 Å². The highest BCUT2D eigenvalue weighted by Crippen LogP contribution is 2.35. The Morgan fingerprint density at radius 2 is 2.29 bits per heavy atom. The number of aromatic nitrogens is 1. The Kier molecular flexibility index (Phi) is 6.05. The van der Waals surface area contributed by atoms with Gasteiger partial charge in [0.05, 0.1) is 19.8 Å². The predicted molar refractivity (Wildman–Crippen MR) is 105 cm³/mol. The van der Waals surface area contributed by atoms with Gasteiger partial charge in [-0.2, -0.15) is 0 Å². The number of hydrogen-bond donors (Lipinski definition) is 0. The lowest BCUT2D eigenvalue weighted by molar-refractivity contribution is -0.137. The number of carbonyl (C=O) groups excluding carboxylic acids is 1. The molecule has 8 heteroatoms. The van der Waals surface area contributed by atoms with Gasteiger partial charge in [-0.3, -0.25) is 4.79 Å². The number of rotatable bonds is 4. The van der Waals surface area contributed by atoms with Crippen molar-refractivity contribution in [1.29, 1.82) is 0 Å². The molecule has 2 aliphatic rings. The molecule has 0 bridgehead atoms. The lowest BCUT2D eigenvalue weighted by Crippen LogP contribution is -2.52. The SMILES string of the molecule is C=CC(=O)N1CCO[C@@H](C2=CC(Cl)N(C)C(c3ccnc(OC)c3F)=C2)[C@@H]1C. The summed E-state index contributed by atoms with van der Waals surface area (Å²) in [6.07, 6.45) is 6.09. The predicted octanol–water partition coefficient (Wildman–Crippen LogP) is 2.81. The molecule has 150 valence electrons. The molecular formula is C20H23ClFN3O3. The number of hydrogen-bond acceptors (Lipinski definition) is 5. The van der Waals surface area contributed by atoms with Gasteiger partial charge < -0.3 is 19.3 Å². The Bertz CT molecular complexity index is 842. The number of pyridine rings is 1. The number of nitrogens with zero attached hydrogens (tertiary/aromatic N) is 3. The van der Waals surface area contributed by atoms with Gasteiger partial charge >= 0.3 is 0 Å². The van der Waals surface area contributed by atoms with E-state index in [4.69, 9.17) is 21.1 Å². The van der Waals surface area contributed by atoms with Gasteiger partial charge in [-0.15, -0.1) is 0 Å². The third-order valence-corrected chi connectivity index (χ3v) is 5.47. The van der Waals surface area contributed by atoms with Crippen molar-refractivity contribution in [3.05, 3.63) is 54.0 Å². The largest absolute Gasteiger partial charge is 0.479 e. The molecule has 1 fully saturated rings. The Morgan fingerprint density at radius 3 is 2.96 bits per heavy atom. The molecule has 0 aromatic carbocycles. The molecule has 3 atom stereocenters. The number of amides is 1. The summed E-state index contributed by atoms with van der Waals surface area (Å²) in [5, 5.41) is 0. The van der Waals surface area contributed by atoms with E-state index < -0.39 is 11.3 Å². The molecule has 3 heterocycles. The molecule has 2 aliphatic heterocycles. The minimum Gasteiger partial charge on any atom is -0.479 e. The zero-order valence-corrected chi connectivity index (χ0v) is 16.8. The first-order chi connectivity index (χ1) is 13.4. The van der Waals surface area contributed by atoms with E-state index in [1.54, 1.807) is 22.9 Å². The average Bonchev–Trinajstić information content (AvgIpc) is 2.70. The first-order valence-electron chi connectivity index (χ1n) is 8.92. The molecule has 1 amide bonds. The summed E-state index contributed by atoms with van der Waals surface area (Å²) in [7, 11) is 3.15. The summed E-state index contributed by atoms with van der Waals surface area (Å²) < 4.78 is 25.7. The second-order valence-corrected chi connectivity index (χ2v) is 7.08. The fraction of sp³-hybridized carbons (Fsp3) is 0.400. The first-order valence-corrected chi connectivity index (χ1v) is 9.36. The van der Waals surface area contributed by atoms with Gasteiger partial charge in [0.25, 0.3) is 5.88 Å². The lowest BCUT2D eigenvalue weighted by Gasteiger charge is -2.41. The molecule has 1 aromatic heterocycles. The normalized spacial score (nSPS) is 25.1. The van der Waals surface area contributed by atoms with Gasteiger partial charge in [-0.1, -0.05) is 18.2 Å². The second kappa shape index (κ2) is 8.32. The number of ether oxygens (including phenoxy) is 2. The van der Waals surface area contributed by atoms with Crippen molar-refractivity contribution in [1.82, 2.24) is 14.8 Å². The van der Waals surface area contributed by atoms with Crippen molar-refractivity contribution in [2.24, 2.45) is 0 Å². The Morgan fingerprint density at radius 1 is 1.54 bits per heavy atom. The standard InChI is InChI=1S/C20H23ClFN3O3/c1-5-17(26)25-8-9-28-19(12(25)2)13-10-15(24(3)16(21)11-13)14-6-7-23-20(27-4)18(14)22/h5-7,10-12,16,19H,1,8-9H2,2-4H3/t12-,16?,19+/m0/s1. The van der Waals surface area contributed by atoms with Crippen LogP contribution < -0.4 is 4.74 Å². The van der Waals surface area contributed by atoms with Gasteiger partial charge in [0.15, 0.2) is 5.82 Å². The van der Waals surface area contributed by atoms with Crippen LogP contribution in [0.1, 0.15) is 12.5 Å². The van der Waals surface area contributed by atoms with Crippen LogP contribution in [0.4, 0.5) is 4.39 Å². The molecule has 0 saturated carbocycles. The van der Waals surface area contributed by atoms with E-state index in [-0.39, 0.29) is 23.9 Å². The van der Waals surface area contributed by atoms with Crippen molar-refractivity contribution in [2.45, 2.75) is 24.6 Å². The molecule has 0 aliphatic carbocycles. The lowest BCUT2D eigenvalue weighted by atomic mass is 9.95. The number of likely N-dealkylation sites (N-methyl/N-ethyl adjacent to an activating group) is 1. The fourth-order valence-electron chi connectivity index (χ4n) is 3.51. The number of alkyl halides is 1. The van der Waals surface area contributed by atoms with Crippen LogP contribution in [-0.4, -0.2) is 65.6 Å². The molecule has 0 N–H and O–H groups in total. The van der Waals surface area contributed by atoms with Crippen LogP contribution in [0.2, 0.25) is 0 Å². The zero-order valence-electron chi connectivity index (χ0n) is 16.1. The van der Waals surface area contributed by atoms with Gasteiger partial charge in [0, 0.05) is 31.0 Å². The fourth-order valence-corrected chi connectivity index (χ4v) is 3.76. The summed E-state index contributed by atoms with van der Waals surface area (Å²) in [5.41, 5.74) is 1.19. The van der Waals surface area contributed by atoms with E-state index in [2.05, 4.69) is 11.6 Å².